The van der Waals surface area contributed by atoms with Crippen LogP contribution < -0.4 is 10.5 Å². The third kappa shape index (κ3) is 1.91. The summed E-state index contributed by atoms with van der Waals surface area (Å²) in [6, 6.07) is 4.56. The highest BCUT2D eigenvalue weighted by Crippen LogP contribution is 2.47. The van der Waals surface area contributed by atoms with Gasteiger partial charge in [-0.1, -0.05) is 0 Å². The third-order valence-corrected chi connectivity index (χ3v) is 5.56. The van der Waals surface area contributed by atoms with Crippen LogP contribution in [0.2, 0.25) is 0 Å². The Bertz CT molecular complexity index is 467. The van der Waals surface area contributed by atoms with Gasteiger partial charge in [0.25, 0.3) is 0 Å². The zero-order valence-corrected chi connectivity index (χ0v) is 11.3. The topological polar surface area (TPSA) is 35.2 Å². The van der Waals surface area contributed by atoms with Gasteiger partial charge in [0.1, 0.15) is 17.2 Å². The van der Waals surface area contributed by atoms with Crippen LogP contribution in [0.4, 0.5) is 4.39 Å². The SMILES string of the molecule is CC1SCCCC12CC(N)c1cc(F)ccc1O2. The minimum atomic E-state index is -0.241. The molecule has 2 heterocycles. The Balaban J connectivity index is 1.98. The smallest absolute Gasteiger partial charge is 0.125 e. The molecule has 3 unspecified atom stereocenters. The highest BCUT2D eigenvalue weighted by molar-refractivity contribution is 8.00. The fraction of sp³-hybridized carbons (Fsp3) is 0.571. The van der Waals surface area contributed by atoms with E-state index >= 15 is 0 Å². The van der Waals surface area contributed by atoms with Crippen LogP contribution in [-0.2, 0) is 0 Å². The Morgan fingerprint density at radius 2 is 2.33 bits per heavy atom. The van der Waals surface area contributed by atoms with E-state index in [2.05, 4.69) is 6.92 Å². The average Bonchev–Trinajstić information content (AvgIpc) is 2.34. The standard InChI is InChI=1S/C14H18FNOS/c1-9-14(5-2-6-18-9)8-12(16)11-7-10(15)3-4-13(11)17-14/h3-4,7,9,12H,2,5-6,8,16H2,1H3. The van der Waals surface area contributed by atoms with E-state index in [1.165, 1.54) is 17.9 Å². The summed E-state index contributed by atoms with van der Waals surface area (Å²) in [5, 5.41) is 0.440. The molecule has 4 heteroatoms. The van der Waals surface area contributed by atoms with Crippen LogP contribution in [0.5, 0.6) is 5.75 Å². The molecule has 3 rings (SSSR count). The van der Waals surface area contributed by atoms with E-state index < -0.39 is 0 Å². The minimum Gasteiger partial charge on any atom is -0.486 e. The monoisotopic (exact) mass is 267 g/mol. The lowest BCUT2D eigenvalue weighted by atomic mass is 9.82. The highest BCUT2D eigenvalue weighted by Gasteiger charge is 2.45. The predicted octanol–water partition coefficient (Wildman–Crippen LogP) is 3.26. The van der Waals surface area contributed by atoms with Crippen molar-refractivity contribution >= 4 is 11.8 Å². The van der Waals surface area contributed by atoms with Gasteiger partial charge in [-0.2, -0.15) is 11.8 Å². The van der Waals surface area contributed by atoms with Crippen molar-refractivity contribution in [3.05, 3.63) is 29.6 Å². The molecule has 2 aliphatic rings. The van der Waals surface area contributed by atoms with Crippen LogP contribution in [0.3, 0.4) is 0 Å². The summed E-state index contributed by atoms with van der Waals surface area (Å²) in [7, 11) is 0. The van der Waals surface area contributed by atoms with Crippen molar-refractivity contribution in [2.45, 2.75) is 43.1 Å². The number of benzene rings is 1. The lowest BCUT2D eigenvalue weighted by Gasteiger charge is -2.47. The molecule has 2 nitrogen and oxygen atoms in total. The molecule has 0 amide bonds. The van der Waals surface area contributed by atoms with E-state index in [1.807, 2.05) is 11.8 Å². The van der Waals surface area contributed by atoms with E-state index in [1.54, 1.807) is 6.07 Å². The summed E-state index contributed by atoms with van der Waals surface area (Å²) < 4.78 is 19.5. The summed E-state index contributed by atoms with van der Waals surface area (Å²) in [4.78, 5) is 0. The molecule has 98 valence electrons. The average molecular weight is 267 g/mol. The second-order valence-electron chi connectivity index (χ2n) is 5.28. The Morgan fingerprint density at radius 3 is 3.11 bits per heavy atom. The molecule has 2 aliphatic heterocycles. The lowest BCUT2D eigenvalue weighted by molar-refractivity contribution is 0.0254. The maximum Gasteiger partial charge on any atom is 0.125 e. The number of hydrogen-bond acceptors (Lipinski definition) is 3. The van der Waals surface area contributed by atoms with Gasteiger partial charge in [0.15, 0.2) is 0 Å². The number of halogens is 1. The quantitative estimate of drug-likeness (QED) is 0.783. The van der Waals surface area contributed by atoms with Gasteiger partial charge in [0, 0.05) is 23.3 Å². The lowest BCUT2D eigenvalue weighted by Crippen LogP contribution is -2.51. The van der Waals surface area contributed by atoms with Crippen LogP contribution in [0.1, 0.15) is 37.8 Å². The fourth-order valence-corrected chi connectivity index (χ4v) is 4.26. The summed E-state index contributed by atoms with van der Waals surface area (Å²) in [6.07, 6.45) is 3.00. The third-order valence-electron chi connectivity index (χ3n) is 4.10. The molecule has 2 N–H and O–H groups in total. The molecule has 1 fully saturated rings. The van der Waals surface area contributed by atoms with E-state index in [0.717, 1.165) is 30.6 Å². The Labute approximate surface area is 111 Å². The van der Waals surface area contributed by atoms with Gasteiger partial charge in [-0.3, -0.25) is 0 Å². The molecular weight excluding hydrogens is 249 g/mol. The van der Waals surface area contributed by atoms with E-state index in [-0.39, 0.29) is 17.5 Å². The van der Waals surface area contributed by atoms with Crippen molar-refractivity contribution in [3.63, 3.8) is 0 Å². The van der Waals surface area contributed by atoms with Gasteiger partial charge >= 0.3 is 0 Å². The number of rotatable bonds is 0. The van der Waals surface area contributed by atoms with Gasteiger partial charge in [0.2, 0.25) is 0 Å². The van der Waals surface area contributed by atoms with Gasteiger partial charge < -0.3 is 10.5 Å². The summed E-state index contributed by atoms with van der Waals surface area (Å²) in [5.74, 6) is 1.72. The normalized spacial score (nSPS) is 35.1. The van der Waals surface area contributed by atoms with Gasteiger partial charge in [-0.25, -0.2) is 4.39 Å². The number of thioether (sulfide) groups is 1. The van der Waals surface area contributed by atoms with Crippen LogP contribution in [0.25, 0.3) is 0 Å². The molecule has 0 bridgehead atoms. The van der Waals surface area contributed by atoms with Crippen molar-refractivity contribution in [2.24, 2.45) is 5.73 Å². The van der Waals surface area contributed by atoms with Gasteiger partial charge in [-0.05, 0) is 43.7 Å². The maximum atomic E-state index is 13.3. The minimum absolute atomic E-state index is 0.120. The molecule has 1 aromatic carbocycles. The second kappa shape index (κ2) is 4.42. The molecule has 1 aromatic rings. The summed E-state index contributed by atoms with van der Waals surface area (Å²) in [6.45, 7) is 2.21. The van der Waals surface area contributed by atoms with Crippen LogP contribution in [0.15, 0.2) is 18.2 Å². The van der Waals surface area contributed by atoms with Crippen molar-refractivity contribution in [2.75, 3.05) is 5.75 Å². The van der Waals surface area contributed by atoms with E-state index in [0.29, 0.717) is 5.25 Å². The Hall–Kier alpha value is -0.740. The molecule has 3 atom stereocenters. The van der Waals surface area contributed by atoms with Gasteiger partial charge in [-0.15, -0.1) is 0 Å². The van der Waals surface area contributed by atoms with E-state index in [9.17, 15) is 4.39 Å². The van der Waals surface area contributed by atoms with Crippen molar-refractivity contribution < 1.29 is 9.13 Å². The van der Waals surface area contributed by atoms with E-state index in [4.69, 9.17) is 10.5 Å². The van der Waals surface area contributed by atoms with Crippen molar-refractivity contribution in [1.82, 2.24) is 0 Å². The number of fused-ring (bicyclic) bond motifs is 1. The first-order chi connectivity index (χ1) is 8.61. The maximum absolute atomic E-state index is 13.3. The number of nitrogens with two attached hydrogens (primary N) is 1. The molecule has 0 aliphatic carbocycles. The van der Waals surface area contributed by atoms with Crippen molar-refractivity contribution in [1.29, 1.82) is 0 Å². The predicted molar refractivity (Wildman–Crippen MR) is 72.5 cm³/mol. The Morgan fingerprint density at radius 1 is 1.50 bits per heavy atom. The largest absolute Gasteiger partial charge is 0.486 e. The first-order valence-electron chi connectivity index (χ1n) is 6.46. The molecule has 0 saturated carbocycles. The molecular formula is C14H18FNOS. The summed E-state index contributed by atoms with van der Waals surface area (Å²) in [5.41, 5.74) is 6.88. The first kappa shape index (κ1) is 12.3. The fourth-order valence-electron chi connectivity index (χ4n) is 3.03. The van der Waals surface area contributed by atoms with Crippen molar-refractivity contribution in [3.8, 4) is 5.75 Å². The number of hydrogen-bond donors (Lipinski definition) is 1. The summed E-state index contributed by atoms with van der Waals surface area (Å²) >= 11 is 1.95. The zero-order chi connectivity index (χ0) is 12.8. The second-order valence-corrected chi connectivity index (χ2v) is 6.72. The Kier molecular flexibility index (Phi) is 3.02. The van der Waals surface area contributed by atoms with Crippen LogP contribution >= 0.6 is 11.8 Å². The van der Waals surface area contributed by atoms with Crippen LogP contribution in [-0.4, -0.2) is 16.6 Å². The zero-order valence-electron chi connectivity index (χ0n) is 10.5. The molecule has 1 spiro atoms. The van der Waals surface area contributed by atoms with Gasteiger partial charge in [0.05, 0.1) is 0 Å². The highest BCUT2D eigenvalue weighted by atomic mass is 32.2. The first-order valence-corrected chi connectivity index (χ1v) is 7.51. The van der Waals surface area contributed by atoms with Crippen LogP contribution in [0, 0.1) is 5.82 Å². The molecule has 1 saturated heterocycles. The number of ether oxygens (including phenoxy) is 1. The molecule has 0 radical (unpaired) electrons. The molecule has 18 heavy (non-hydrogen) atoms. The molecule has 0 aromatic heterocycles.